The Kier molecular flexibility index (Phi) is 18.0. The second-order valence-corrected chi connectivity index (χ2v) is 14.0. The zero-order chi connectivity index (χ0) is 38.9. The lowest BCUT2D eigenvalue weighted by molar-refractivity contribution is -0.179. The van der Waals surface area contributed by atoms with Crippen molar-refractivity contribution in [2.75, 3.05) is 26.9 Å². The zero-order valence-corrected chi connectivity index (χ0v) is 31.6. The quantitative estimate of drug-likeness (QED) is 0.114. The number of hydrogen-bond donors (Lipinski definition) is 4. The molecular weight excluding hydrogens is 704 g/mol. The van der Waals surface area contributed by atoms with Gasteiger partial charge in [-0.25, -0.2) is 4.79 Å². The molecule has 2 aromatic carbocycles. The first-order chi connectivity index (χ1) is 25.3. The molecular formula is C40H53ClN2O10. The normalized spacial score (nSPS) is 22.8. The van der Waals surface area contributed by atoms with E-state index in [9.17, 15) is 29.4 Å². The van der Waals surface area contributed by atoms with Crippen LogP contribution in [0.4, 0.5) is 0 Å². The number of halogens is 1. The van der Waals surface area contributed by atoms with Crippen LogP contribution >= 0.6 is 11.6 Å². The predicted octanol–water partition coefficient (Wildman–Crippen LogP) is 4.65. The molecule has 4 N–H and O–H groups in total. The minimum absolute atomic E-state index is 0.0421. The smallest absolute Gasteiger partial charge is 0.347 e. The van der Waals surface area contributed by atoms with Gasteiger partial charge in [0.1, 0.15) is 24.0 Å². The van der Waals surface area contributed by atoms with Gasteiger partial charge in [-0.15, -0.1) is 6.58 Å². The molecule has 12 nitrogen and oxygen atoms in total. The lowest BCUT2D eigenvalue weighted by Crippen LogP contribution is -2.49. The molecule has 13 heteroatoms. The Hall–Kier alpha value is -4.23. The van der Waals surface area contributed by atoms with Crippen molar-refractivity contribution in [2.24, 2.45) is 17.8 Å². The van der Waals surface area contributed by atoms with E-state index in [0.717, 1.165) is 0 Å². The topological polar surface area (TPSA) is 170 Å². The number of hydrogen-bond acceptors (Lipinski definition) is 10. The maximum absolute atomic E-state index is 13.7. The van der Waals surface area contributed by atoms with Crippen molar-refractivity contribution in [3.63, 3.8) is 0 Å². The summed E-state index contributed by atoms with van der Waals surface area (Å²) >= 11 is 6.34. The minimum Gasteiger partial charge on any atom is -0.495 e. The molecule has 0 spiro atoms. The van der Waals surface area contributed by atoms with Crippen molar-refractivity contribution in [3.8, 4) is 5.75 Å². The summed E-state index contributed by atoms with van der Waals surface area (Å²) in [5, 5.41) is 28.1. The maximum Gasteiger partial charge on any atom is 0.347 e. The number of carbonyl (C=O) groups excluding carboxylic acids is 4. The molecule has 1 aliphatic rings. The fourth-order valence-corrected chi connectivity index (χ4v) is 6.15. The van der Waals surface area contributed by atoms with Crippen molar-refractivity contribution >= 4 is 35.4 Å². The highest BCUT2D eigenvalue weighted by Gasteiger charge is 2.36. The number of aliphatic hydroxyl groups is 2. The van der Waals surface area contributed by atoms with Gasteiger partial charge in [-0.05, 0) is 54.5 Å². The molecule has 0 aromatic heterocycles. The van der Waals surface area contributed by atoms with Crippen LogP contribution in [0.1, 0.15) is 63.7 Å². The van der Waals surface area contributed by atoms with E-state index in [2.05, 4.69) is 17.2 Å². The molecule has 53 heavy (non-hydrogen) atoms. The molecule has 0 unspecified atom stereocenters. The molecule has 290 valence electrons. The first kappa shape index (κ1) is 43.2. The summed E-state index contributed by atoms with van der Waals surface area (Å²) < 4.78 is 22.5. The van der Waals surface area contributed by atoms with Crippen molar-refractivity contribution in [2.45, 2.75) is 83.3 Å². The monoisotopic (exact) mass is 756 g/mol. The SMILES string of the molecule is C=CCOCCC[C@H]1CNC(=O)[C@@H](Cc2ccc(OC)c(Cl)c2)NC(=O)/C=C/C[C@@H]([C@H](C)[C@@H](O)[C@H](O)c2ccccc2)OC(=O)[C@H](CC(C)C)OC1=O. The lowest BCUT2D eigenvalue weighted by atomic mass is 9.89. The van der Waals surface area contributed by atoms with Crippen LogP contribution in [0.25, 0.3) is 0 Å². The molecule has 0 fully saturated rings. The van der Waals surface area contributed by atoms with E-state index < -0.39 is 66.0 Å². The third-order valence-corrected chi connectivity index (χ3v) is 9.22. The molecule has 1 aliphatic heterocycles. The van der Waals surface area contributed by atoms with Crippen molar-refractivity contribution in [1.82, 2.24) is 10.6 Å². The van der Waals surface area contributed by atoms with Gasteiger partial charge in [0.25, 0.3) is 0 Å². The third kappa shape index (κ3) is 13.9. The number of cyclic esters (lactones) is 2. The summed E-state index contributed by atoms with van der Waals surface area (Å²) in [6.07, 6.45) is 0.159. The van der Waals surface area contributed by atoms with Gasteiger partial charge in [-0.2, -0.15) is 0 Å². The second kappa shape index (κ2) is 22.1. The maximum atomic E-state index is 13.7. The van der Waals surface area contributed by atoms with E-state index in [-0.39, 0.29) is 38.1 Å². The van der Waals surface area contributed by atoms with Gasteiger partial charge in [-0.3, -0.25) is 14.4 Å². The zero-order valence-electron chi connectivity index (χ0n) is 30.9. The third-order valence-electron chi connectivity index (χ3n) is 8.92. The van der Waals surface area contributed by atoms with E-state index in [1.807, 2.05) is 13.8 Å². The molecule has 0 saturated carbocycles. The number of nitrogens with one attached hydrogen (secondary N) is 2. The molecule has 0 saturated heterocycles. The number of amides is 2. The number of aliphatic hydroxyl groups excluding tert-OH is 2. The van der Waals surface area contributed by atoms with Crippen LogP contribution in [-0.4, -0.2) is 85.2 Å². The number of ether oxygens (including phenoxy) is 4. The standard InChI is InChI=1S/C40H53ClN2O10/c1-6-19-51-20-11-14-29-24-42-38(47)31(23-27-17-18-33(50-5)30(41)22-27)43-35(44)16-10-15-32(52-40(49)34(21-25(2)3)53-39(29)48)26(4)36(45)37(46)28-12-8-7-9-13-28/h6-10,12-13,16-18,22,25-26,29,31-32,34,36-37,45-46H,1,11,14-15,19-21,23-24H2,2-5H3,(H,42,47)(H,43,44)/b16-10+/t26-,29-,31+,32-,34-,36+,37+/m0/s1. The van der Waals surface area contributed by atoms with Crippen LogP contribution in [0.5, 0.6) is 5.75 Å². The van der Waals surface area contributed by atoms with Gasteiger partial charge in [0, 0.05) is 31.9 Å². The lowest BCUT2D eigenvalue weighted by Gasteiger charge is -2.31. The first-order valence-corrected chi connectivity index (χ1v) is 18.3. The highest BCUT2D eigenvalue weighted by atomic mass is 35.5. The summed E-state index contributed by atoms with van der Waals surface area (Å²) in [5.74, 6) is -4.02. The van der Waals surface area contributed by atoms with Gasteiger partial charge in [0.15, 0.2) is 6.10 Å². The summed E-state index contributed by atoms with van der Waals surface area (Å²) in [6, 6.07) is 12.5. The van der Waals surface area contributed by atoms with Crippen LogP contribution in [0.3, 0.4) is 0 Å². The molecule has 2 amide bonds. The molecule has 3 rings (SSSR count). The molecule has 0 radical (unpaired) electrons. The molecule has 1 heterocycles. The second-order valence-electron chi connectivity index (χ2n) is 13.6. The number of carbonyl (C=O) groups is 4. The first-order valence-electron chi connectivity index (χ1n) is 17.9. The Morgan fingerprint density at radius 2 is 1.77 bits per heavy atom. The fraction of sp³-hybridized carbons (Fsp3) is 0.500. The van der Waals surface area contributed by atoms with Crippen LogP contribution in [0.15, 0.2) is 73.3 Å². The van der Waals surface area contributed by atoms with E-state index in [1.165, 1.54) is 19.3 Å². The number of benzene rings is 2. The van der Waals surface area contributed by atoms with Gasteiger partial charge in [0.2, 0.25) is 11.8 Å². The Bertz CT molecular complexity index is 1530. The number of methoxy groups -OCH3 is 1. The Labute approximate surface area is 316 Å². The molecule has 0 aliphatic carbocycles. The summed E-state index contributed by atoms with van der Waals surface area (Å²) in [4.78, 5) is 54.4. The van der Waals surface area contributed by atoms with Crippen LogP contribution in [0, 0.1) is 17.8 Å². The van der Waals surface area contributed by atoms with E-state index >= 15 is 0 Å². The van der Waals surface area contributed by atoms with Crippen LogP contribution < -0.4 is 15.4 Å². The van der Waals surface area contributed by atoms with Crippen LogP contribution in [0.2, 0.25) is 5.02 Å². The van der Waals surface area contributed by atoms with Crippen molar-refractivity contribution in [1.29, 1.82) is 0 Å². The largest absolute Gasteiger partial charge is 0.495 e. The van der Waals surface area contributed by atoms with Gasteiger partial charge < -0.3 is 39.8 Å². The number of rotatable bonds is 15. The van der Waals surface area contributed by atoms with Gasteiger partial charge in [0.05, 0.1) is 30.8 Å². The van der Waals surface area contributed by atoms with E-state index in [0.29, 0.717) is 41.5 Å². The highest BCUT2D eigenvalue weighted by Crippen LogP contribution is 2.28. The predicted molar refractivity (Wildman–Crippen MR) is 200 cm³/mol. The Morgan fingerprint density at radius 3 is 2.43 bits per heavy atom. The summed E-state index contributed by atoms with van der Waals surface area (Å²) in [6.45, 7) is 9.50. The summed E-state index contributed by atoms with van der Waals surface area (Å²) in [5.41, 5.74) is 1.12. The fourth-order valence-electron chi connectivity index (χ4n) is 5.87. The number of esters is 2. The highest BCUT2D eigenvalue weighted by molar-refractivity contribution is 6.32. The van der Waals surface area contributed by atoms with E-state index in [4.69, 9.17) is 30.5 Å². The average molecular weight is 757 g/mol. The summed E-state index contributed by atoms with van der Waals surface area (Å²) in [7, 11) is 1.49. The Balaban J connectivity index is 1.98. The Morgan fingerprint density at radius 1 is 1.04 bits per heavy atom. The molecule has 0 bridgehead atoms. The van der Waals surface area contributed by atoms with Gasteiger partial charge >= 0.3 is 11.9 Å². The molecule has 2 aromatic rings. The average Bonchev–Trinajstić information content (AvgIpc) is 3.13. The van der Waals surface area contributed by atoms with Crippen molar-refractivity contribution in [3.05, 3.63) is 89.5 Å². The minimum atomic E-state index is -1.37. The van der Waals surface area contributed by atoms with E-state index in [1.54, 1.807) is 61.5 Å². The molecule has 7 atom stereocenters. The van der Waals surface area contributed by atoms with Gasteiger partial charge in [-0.1, -0.05) is 80.9 Å². The van der Waals surface area contributed by atoms with Crippen LogP contribution in [-0.2, 0) is 39.8 Å². The van der Waals surface area contributed by atoms with Crippen molar-refractivity contribution < 1.29 is 48.3 Å².